The first-order valence-electron chi connectivity index (χ1n) is 12.6. The fourth-order valence-electron chi connectivity index (χ4n) is 5.91. The van der Waals surface area contributed by atoms with Gasteiger partial charge in [0.05, 0.1) is 6.61 Å². The molecule has 2 aromatic rings. The molecule has 5 nitrogen and oxygen atoms in total. The molecule has 5 heteroatoms. The van der Waals surface area contributed by atoms with Gasteiger partial charge in [0.15, 0.2) is 0 Å². The van der Waals surface area contributed by atoms with E-state index >= 15 is 0 Å². The van der Waals surface area contributed by atoms with E-state index in [2.05, 4.69) is 47.1 Å². The van der Waals surface area contributed by atoms with Crippen LogP contribution in [-0.2, 0) is 11.3 Å². The SMILES string of the molecule is CC1CCCN1CCCOc1ccc(N2CC3(CCN(Cc4ccccc4)C3)CC2=O)cc1. The monoisotopic (exact) mass is 447 g/mol. The van der Waals surface area contributed by atoms with Crippen LogP contribution >= 0.6 is 0 Å². The first-order chi connectivity index (χ1) is 16.1. The largest absolute Gasteiger partial charge is 0.494 e. The lowest BCUT2D eigenvalue weighted by atomic mass is 9.86. The Hall–Kier alpha value is -2.37. The highest BCUT2D eigenvalue weighted by Gasteiger charge is 2.47. The smallest absolute Gasteiger partial charge is 0.227 e. The molecule has 1 spiro atoms. The molecule has 2 atom stereocenters. The maximum atomic E-state index is 12.9. The number of carbonyl (C=O) groups excluding carboxylic acids is 1. The molecule has 2 aromatic carbocycles. The molecule has 33 heavy (non-hydrogen) atoms. The van der Waals surface area contributed by atoms with Gasteiger partial charge in [-0.3, -0.25) is 9.69 Å². The van der Waals surface area contributed by atoms with Crippen molar-refractivity contribution in [2.24, 2.45) is 5.41 Å². The molecule has 2 unspecified atom stereocenters. The van der Waals surface area contributed by atoms with Crippen LogP contribution < -0.4 is 9.64 Å². The Morgan fingerprint density at radius 3 is 2.61 bits per heavy atom. The van der Waals surface area contributed by atoms with Crippen molar-refractivity contribution in [1.29, 1.82) is 0 Å². The van der Waals surface area contributed by atoms with Crippen molar-refractivity contribution in [1.82, 2.24) is 9.80 Å². The summed E-state index contributed by atoms with van der Waals surface area (Å²) >= 11 is 0. The first kappa shape index (κ1) is 22.4. The zero-order valence-corrected chi connectivity index (χ0v) is 19.9. The molecule has 3 heterocycles. The number of carbonyl (C=O) groups is 1. The third-order valence-corrected chi connectivity index (χ3v) is 7.78. The van der Waals surface area contributed by atoms with Crippen molar-refractivity contribution in [2.45, 2.75) is 51.6 Å². The molecule has 0 aliphatic carbocycles. The summed E-state index contributed by atoms with van der Waals surface area (Å²) in [5.41, 5.74) is 2.44. The van der Waals surface area contributed by atoms with E-state index in [1.807, 2.05) is 29.2 Å². The van der Waals surface area contributed by atoms with Gasteiger partial charge in [-0.1, -0.05) is 30.3 Å². The topological polar surface area (TPSA) is 36.0 Å². The van der Waals surface area contributed by atoms with Gasteiger partial charge in [-0.2, -0.15) is 0 Å². The molecule has 1 amide bonds. The van der Waals surface area contributed by atoms with Crippen molar-refractivity contribution in [3.63, 3.8) is 0 Å². The number of anilines is 1. The second kappa shape index (κ2) is 9.86. The van der Waals surface area contributed by atoms with E-state index in [9.17, 15) is 4.79 Å². The molecule has 0 bridgehead atoms. The summed E-state index contributed by atoms with van der Waals surface area (Å²) in [6, 6.07) is 19.5. The Kier molecular flexibility index (Phi) is 6.70. The van der Waals surface area contributed by atoms with Gasteiger partial charge in [0.2, 0.25) is 5.91 Å². The molecule has 0 N–H and O–H groups in total. The number of rotatable bonds is 8. The highest BCUT2D eigenvalue weighted by Crippen LogP contribution is 2.42. The number of ether oxygens (including phenoxy) is 1. The normalized spacial score (nSPS) is 26.0. The molecule has 0 aromatic heterocycles. The Morgan fingerprint density at radius 2 is 1.85 bits per heavy atom. The fraction of sp³-hybridized carbons (Fsp3) is 0.536. The minimum Gasteiger partial charge on any atom is -0.494 e. The van der Waals surface area contributed by atoms with Crippen molar-refractivity contribution >= 4 is 11.6 Å². The Bertz CT molecular complexity index is 932. The minimum absolute atomic E-state index is 0.0910. The van der Waals surface area contributed by atoms with Gasteiger partial charge in [-0.15, -0.1) is 0 Å². The summed E-state index contributed by atoms with van der Waals surface area (Å²) < 4.78 is 5.97. The molecule has 176 valence electrons. The maximum Gasteiger partial charge on any atom is 0.227 e. The van der Waals surface area contributed by atoms with Crippen LogP contribution in [0, 0.1) is 5.41 Å². The van der Waals surface area contributed by atoms with Crippen LogP contribution in [-0.4, -0.2) is 61.1 Å². The van der Waals surface area contributed by atoms with Crippen molar-refractivity contribution < 1.29 is 9.53 Å². The van der Waals surface area contributed by atoms with Gasteiger partial charge in [-0.25, -0.2) is 0 Å². The summed E-state index contributed by atoms with van der Waals surface area (Å²) in [5, 5.41) is 0. The van der Waals surface area contributed by atoms with Gasteiger partial charge in [0.25, 0.3) is 0 Å². The number of benzene rings is 2. The Morgan fingerprint density at radius 1 is 1.03 bits per heavy atom. The van der Waals surface area contributed by atoms with E-state index in [0.717, 1.165) is 69.7 Å². The van der Waals surface area contributed by atoms with Crippen molar-refractivity contribution in [2.75, 3.05) is 44.2 Å². The van der Waals surface area contributed by atoms with E-state index in [4.69, 9.17) is 4.74 Å². The predicted molar refractivity (Wildman–Crippen MR) is 133 cm³/mol. The van der Waals surface area contributed by atoms with Gasteiger partial charge in [0.1, 0.15) is 5.75 Å². The molecule has 0 saturated carbocycles. The fourth-order valence-corrected chi connectivity index (χ4v) is 5.91. The molecule has 0 radical (unpaired) electrons. The highest BCUT2D eigenvalue weighted by atomic mass is 16.5. The van der Waals surface area contributed by atoms with Gasteiger partial charge >= 0.3 is 0 Å². The van der Waals surface area contributed by atoms with E-state index in [1.54, 1.807) is 0 Å². The number of likely N-dealkylation sites (tertiary alicyclic amines) is 2. The summed E-state index contributed by atoms with van der Waals surface area (Å²) in [6.07, 6.45) is 5.46. The standard InChI is InChI=1S/C28H37N3O2/c1-23-7-5-15-30(23)16-6-18-33-26-12-10-25(11-13-26)31-22-28(19-27(31)32)14-17-29(21-28)20-24-8-3-2-4-9-24/h2-4,8-13,23H,5-7,14-22H2,1H3. The maximum absolute atomic E-state index is 12.9. The van der Waals surface area contributed by atoms with Crippen LogP contribution in [0.5, 0.6) is 5.75 Å². The van der Waals surface area contributed by atoms with Crippen LogP contribution in [0.2, 0.25) is 0 Å². The van der Waals surface area contributed by atoms with Crippen LogP contribution in [0.25, 0.3) is 0 Å². The average Bonchev–Trinajstić information content (AvgIpc) is 3.51. The van der Waals surface area contributed by atoms with E-state index < -0.39 is 0 Å². The second-order valence-electron chi connectivity index (χ2n) is 10.3. The van der Waals surface area contributed by atoms with Crippen LogP contribution in [0.4, 0.5) is 5.69 Å². The summed E-state index contributed by atoms with van der Waals surface area (Å²) in [4.78, 5) is 20.0. The van der Waals surface area contributed by atoms with E-state index in [0.29, 0.717) is 6.42 Å². The zero-order valence-electron chi connectivity index (χ0n) is 19.9. The predicted octanol–water partition coefficient (Wildman–Crippen LogP) is 4.57. The van der Waals surface area contributed by atoms with Gasteiger partial charge < -0.3 is 14.5 Å². The van der Waals surface area contributed by atoms with Gasteiger partial charge in [0, 0.05) is 49.7 Å². The molecule has 5 rings (SSSR count). The molecule has 3 aliphatic rings. The quantitative estimate of drug-likeness (QED) is 0.556. The Labute approximate surface area is 198 Å². The number of hydrogen-bond acceptors (Lipinski definition) is 4. The van der Waals surface area contributed by atoms with Gasteiger partial charge in [-0.05, 0) is 75.5 Å². The lowest BCUT2D eigenvalue weighted by molar-refractivity contribution is -0.117. The summed E-state index contributed by atoms with van der Waals surface area (Å²) in [7, 11) is 0. The van der Waals surface area contributed by atoms with Crippen LogP contribution in [0.3, 0.4) is 0 Å². The number of amides is 1. The number of hydrogen-bond donors (Lipinski definition) is 0. The zero-order chi connectivity index (χ0) is 22.7. The lowest BCUT2D eigenvalue weighted by Gasteiger charge is -2.24. The third kappa shape index (κ3) is 5.25. The number of nitrogens with zero attached hydrogens (tertiary/aromatic N) is 3. The molecular weight excluding hydrogens is 410 g/mol. The van der Waals surface area contributed by atoms with E-state index in [-0.39, 0.29) is 11.3 Å². The lowest BCUT2D eigenvalue weighted by Crippen LogP contribution is -2.31. The molecule has 3 saturated heterocycles. The average molecular weight is 448 g/mol. The van der Waals surface area contributed by atoms with Crippen molar-refractivity contribution in [3.8, 4) is 5.75 Å². The summed E-state index contributed by atoms with van der Waals surface area (Å²) in [6.45, 7) is 9.27. The molecular formula is C28H37N3O2. The van der Waals surface area contributed by atoms with Crippen molar-refractivity contribution in [3.05, 3.63) is 60.2 Å². The summed E-state index contributed by atoms with van der Waals surface area (Å²) in [5.74, 6) is 1.15. The molecule has 3 fully saturated rings. The van der Waals surface area contributed by atoms with Crippen LogP contribution in [0.1, 0.15) is 44.6 Å². The molecule has 3 aliphatic heterocycles. The highest BCUT2D eigenvalue weighted by molar-refractivity contribution is 5.96. The first-order valence-corrected chi connectivity index (χ1v) is 12.6. The second-order valence-corrected chi connectivity index (χ2v) is 10.3. The van der Waals surface area contributed by atoms with Crippen LogP contribution in [0.15, 0.2) is 54.6 Å². The Balaban J connectivity index is 1.11. The van der Waals surface area contributed by atoms with E-state index in [1.165, 1.54) is 24.9 Å². The third-order valence-electron chi connectivity index (χ3n) is 7.78. The minimum atomic E-state index is 0.0910.